The van der Waals surface area contributed by atoms with Crippen LogP contribution < -0.4 is 5.32 Å². The third kappa shape index (κ3) is 4.29. The third-order valence-electron chi connectivity index (χ3n) is 6.61. The summed E-state index contributed by atoms with van der Waals surface area (Å²) < 4.78 is 2.14. The van der Waals surface area contributed by atoms with Gasteiger partial charge in [-0.15, -0.1) is 10.2 Å². The number of anilines is 1. The Labute approximate surface area is 183 Å². The number of piperidine rings is 1. The average molecular weight is 425 g/mol. The van der Waals surface area contributed by atoms with Crippen LogP contribution in [0.25, 0.3) is 0 Å². The van der Waals surface area contributed by atoms with E-state index < -0.39 is 0 Å². The summed E-state index contributed by atoms with van der Waals surface area (Å²) in [6.45, 7) is 8.58. The molecule has 2 aliphatic heterocycles. The third-order valence-corrected chi connectivity index (χ3v) is 6.61. The molecule has 8 nitrogen and oxygen atoms in total. The van der Waals surface area contributed by atoms with E-state index in [1.54, 1.807) is 0 Å². The maximum Gasteiger partial charge on any atom is 0.321 e. The lowest BCUT2D eigenvalue weighted by molar-refractivity contribution is -0.135. The molecule has 0 aliphatic carbocycles. The number of fused-ring (bicyclic) bond motifs is 1. The molecule has 4 rings (SSSR count). The van der Waals surface area contributed by atoms with Crippen molar-refractivity contribution >= 4 is 17.6 Å². The van der Waals surface area contributed by atoms with E-state index in [4.69, 9.17) is 0 Å². The predicted octanol–water partition coefficient (Wildman–Crippen LogP) is 3.45. The van der Waals surface area contributed by atoms with Gasteiger partial charge in [-0.25, -0.2) is 4.79 Å². The molecule has 3 heterocycles. The van der Waals surface area contributed by atoms with E-state index in [-0.39, 0.29) is 18.0 Å². The molecule has 0 saturated carbocycles. The molecule has 0 radical (unpaired) electrons. The zero-order chi connectivity index (χ0) is 22.0. The van der Waals surface area contributed by atoms with Gasteiger partial charge in [0, 0.05) is 44.7 Å². The van der Waals surface area contributed by atoms with Crippen molar-refractivity contribution in [3.8, 4) is 0 Å². The molecule has 1 aromatic heterocycles. The summed E-state index contributed by atoms with van der Waals surface area (Å²) in [4.78, 5) is 29.2. The molecule has 3 amide bonds. The first kappa shape index (κ1) is 21.3. The second kappa shape index (κ2) is 9.08. The molecule has 2 aromatic rings. The number of aryl methyl sites for hydroxylation is 1. The molecular weight excluding hydrogens is 392 g/mol. The van der Waals surface area contributed by atoms with Gasteiger partial charge in [-0.1, -0.05) is 19.1 Å². The highest BCUT2D eigenvalue weighted by Crippen LogP contribution is 2.31. The molecule has 8 heteroatoms. The molecule has 1 unspecified atom stereocenters. The normalized spacial score (nSPS) is 19.0. The van der Waals surface area contributed by atoms with Crippen molar-refractivity contribution in [3.05, 3.63) is 41.0 Å². The van der Waals surface area contributed by atoms with E-state index in [2.05, 4.69) is 20.1 Å². The second-order valence-corrected chi connectivity index (χ2v) is 8.49. The Morgan fingerprint density at radius 2 is 1.94 bits per heavy atom. The molecule has 1 N–H and O–H groups in total. The summed E-state index contributed by atoms with van der Waals surface area (Å²) in [7, 11) is 0. The summed E-state index contributed by atoms with van der Waals surface area (Å²) >= 11 is 0. The van der Waals surface area contributed by atoms with E-state index in [1.165, 1.54) is 0 Å². The number of hydrogen-bond donors (Lipinski definition) is 1. The fourth-order valence-corrected chi connectivity index (χ4v) is 4.58. The van der Waals surface area contributed by atoms with E-state index >= 15 is 0 Å². The summed E-state index contributed by atoms with van der Waals surface area (Å²) in [6.07, 6.45) is 4.20. The van der Waals surface area contributed by atoms with Gasteiger partial charge in [-0.3, -0.25) is 4.79 Å². The van der Waals surface area contributed by atoms with Crippen LogP contribution in [0.4, 0.5) is 10.5 Å². The maximum absolute atomic E-state index is 12.9. The van der Waals surface area contributed by atoms with Crippen LogP contribution in [0.3, 0.4) is 0 Å². The topological polar surface area (TPSA) is 83.4 Å². The van der Waals surface area contributed by atoms with Gasteiger partial charge in [0.2, 0.25) is 5.91 Å². The minimum absolute atomic E-state index is 0.0160. The number of benzene rings is 1. The average Bonchev–Trinajstić information content (AvgIpc) is 3.06. The van der Waals surface area contributed by atoms with Crippen LogP contribution >= 0.6 is 0 Å². The summed E-state index contributed by atoms with van der Waals surface area (Å²) in [5, 5.41) is 12.0. The van der Waals surface area contributed by atoms with E-state index in [9.17, 15) is 9.59 Å². The standard InChI is InChI=1S/C23H32N6O2/c1-4-21(30)28-12-6-5-10-19(28)22-26-25-20-11-13-27(14-15-29(20)22)23(31)24-18-9-7-8-16(2)17(18)3/h7-9,19H,4-6,10-15H2,1-3H3,(H,24,31). The van der Waals surface area contributed by atoms with Gasteiger partial charge in [-0.2, -0.15) is 0 Å². The monoisotopic (exact) mass is 424 g/mol. The molecule has 0 bridgehead atoms. The lowest BCUT2D eigenvalue weighted by Crippen LogP contribution is -2.40. The van der Waals surface area contributed by atoms with E-state index in [1.807, 2.05) is 48.8 Å². The second-order valence-electron chi connectivity index (χ2n) is 8.49. The highest BCUT2D eigenvalue weighted by atomic mass is 16.2. The van der Waals surface area contributed by atoms with Crippen LogP contribution in [-0.2, 0) is 17.8 Å². The van der Waals surface area contributed by atoms with Gasteiger partial charge < -0.3 is 19.7 Å². The quantitative estimate of drug-likeness (QED) is 0.818. The molecule has 1 saturated heterocycles. The fraction of sp³-hybridized carbons (Fsp3) is 0.565. The number of nitrogens with zero attached hydrogens (tertiary/aromatic N) is 5. The predicted molar refractivity (Wildman–Crippen MR) is 119 cm³/mol. The zero-order valence-electron chi connectivity index (χ0n) is 18.7. The Morgan fingerprint density at radius 3 is 2.74 bits per heavy atom. The molecule has 0 spiro atoms. The van der Waals surface area contributed by atoms with Crippen molar-refractivity contribution in [3.63, 3.8) is 0 Å². The first-order chi connectivity index (χ1) is 15.0. The van der Waals surface area contributed by atoms with Gasteiger partial charge >= 0.3 is 6.03 Å². The Bertz CT molecular complexity index is 969. The van der Waals surface area contributed by atoms with Gasteiger partial charge in [0.05, 0.1) is 6.04 Å². The van der Waals surface area contributed by atoms with Gasteiger partial charge in [0.1, 0.15) is 5.82 Å². The SMILES string of the molecule is CCC(=O)N1CCCCC1c1nnc2n1CCN(C(=O)Nc1cccc(C)c1C)CC2. The number of rotatable bonds is 3. The number of likely N-dealkylation sites (tertiary alicyclic amines) is 1. The minimum atomic E-state index is -0.0885. The molecule has 1 fully saturated rings. The van der Waals surface area contributed by atoms with Gasteiger partial charge in [-0.05, 0) is 50.3 Å². The van der Waals surface area contributed by atoms with Gasteiger partial charge in [0.25, 0.3) is 0 Å². The van der Waals surface area contributed by atoms with Crippen molar-refractivity contribution in [2.45, 2.75) is 65.5 Å². The minimum Gasteiger partial charge on any atom is -0.332 e. The highest BCUT2D eigenvalue weighted by Gasteiger charge is 2.32. The maximum atomic E-state index is 12.9. The molecular formula is C23H32N6O2. The Kier molecular flexibility index (Phi) is 6.25. The summed E-state index contributed by atoms with van der Waals surface area (Å²) in [5.74, 6) is 1.94. The van der Waals surface area contributed by atoms with Crippen LogP contribution in [0, 0.1) is 13.8 Å². The number of amides is 3. The van der Waals surface area contributed by atoms with Crippen molar-refractivity contribution < 1.29 is 9.59 Å². The Morgan fingerprint density at radius 1 is 1.10 bits per heavy atom. The Hall–Kier alpha value is -2.90. The molecule has 1 atom stereocenters. The van der Waals surface area contributed by atoms with E-state index in [0.717, 1.165) is 54.3 Å². The number of hydrogen-bond acceptors (Lipinski definition) is 4. The number of aromatic nitrogens is 3. The van der Waals surface area contributed by atoms with Crippen LogP contribution in [-0.4, -0.2) is 56.1 Å². The Balaban J connectivity index is 1.48. The van der Waals surface area contributed by atoms with Crippen molar-refractivity contribution in [2.75, 3.05) is 25.0 Å². The van der Waals surface area contributed by atoms with Crippen molar-refractivity contribution in [1.82, 2.24) is 24.6 Å². The van der Waals surface area contributed by atoms with Crippen LogP contribution in [0.15, 0.2) is 18.2 Å². The van der Waals surface area contributed by atoms with Crippen LogP contribution in [0.2, 0.25) is 0 Å². The fourth-order valence-electron chi connectivity index (χ4n) is 4.58. The summed E-state index contributed by atoms with van der Waals surface area (Å²) in [6, 6.07) is 5.84. The molecule has 31 heavy (non-hydrogen) atoms. The summed E-state index contributed by atoms with van der Waals surface area (Å²) in [5.41, 5.74) is 3.09. The molecule has 166 valence electrons. The number of urea groups is 1. The number of carbonyl (C=O) groups is 2. The first-order valence-electron chi connectivity index (χ1n) is 11.3. The van der Waals surface area contributed by atoms with E-state index in [0.29, 0.717) is 32.5 Å². The van der Waals surface area contributed by atoms with Crippen molar-refractivity contribution in [1.29, 1.82) is 0 Å². The van der Waals surface area contributed by atoms with Crippen LogP contribution in [0.1, 0.15) is 61.4 Å². The zero-order valence-corrected chi connectivity index (χ0v) is 18.7. The van der Waals surface area contributed by atoms with Crippen LogP contribution in [0.5, 0.6) is 0 Å². The lowest BCUT2D eigenvalue weighted by atomic mass is 10.0. The molecule has 2 aliphatic rings. The highest BCUT2D eigenvalue weighted by molar-refractivity contribution is 5.90. The number of nitrogens with one attached hydrogen (secondary N) is 1. The molecule has 1 aromatic carbocycles. The van der Waals surface area contributed by atoms with Crippen molar-refractivity contribution in [2.24, 2.45) is 0 Å². The smallest absolute Gasteiger partial charge is 0.321 e. The van der Waals surface area contributed by atoms with Gasteiger partial charge in [0.15, 0.2) is 5.82 Å². The number of carbonyl (C=O) groups excluding carboxylic acids is 2. The first-order valence-corrected chi connectivity index (χ1v) is 11.3. The largest absolute Gasteiger partial charge is 0.332 e. The lowest BCUT2D eigenvalue weighted by Gasteiger charge is -2.35.